The predicted molar refractivity (Wildman–Crippen MR) is 134 cm³/mol. The molecule has 1 atom stereocenters. The number of likely N-dealkylation sites (tertiary alicyclic amines) is 1. The van der Waals surface area contributed by atoms with Crippen LogP contribution in [-0.2, 0) is 11.3 Å². The van der Waals surface area contributed by atoms with E-state index in [0.717, 1.165) is 17.5 Å². The summed E-state index contributed by atoms with van der Waals surface area (Å²) in [5, 5.41) is 7.74. The van der Waals surface area contributed by atoms with Gasteiger partial charge in [-0.2, -0.15) is 5.10 Å². The van der Waals surface area contributed by atoms with E-state index in [-0.39, 0.29) is 34.7 Å². The summed E-state index contributed by atoms with van der Waals surface area (Å²) in [5.41, 5.74) is 2.76. The minimum Gasteiger partial charge on any atom is -0.349 e. The van der Waals surface area contributed by atoms with Crippen LogP contribution in [0, 0.1) is 12.7 Å². The Morgan fingerprint density at radius 1 is 1.11 bits per heavy atom. The molecule has 1 fully saturated rings. The highest BCUT2D eigenvalue weighted by Gasteiger charge is 2.30. The molecule has 1 aliphatic rings. The third-order valence-corrected chi connectivity index (χ3v) is 6.97. The zero-order valence-corrected chi connectivity index (χ0v) is 20.8. The average molecular weight is 497 g/mol. The highest BCUT2D eigenvalue weighted by atomic mass is 35.5. The third-order valence-electron chi connectivity index (χ3n) is 6.59. The van der Waals surface area contributed by atoms with Gasteiger partial charge in [-0.25, -0.2) is 9.07 Å². The molecule has 1 N–H and O–H groups in total. The minimum atomic E-state index is -0.311. The lowest BCUT2D eigenvalue weighted by molar-refractivity contribution is -0.134. The van der Waals surface area contributed by atoms with Crippen molar-refractivity contribution >= 4 is 23.4 Å². The number of hydrogen-bond acceptors (Lipinski definition) is 3. The number of nitrogens with zero attached hydrogens (tertiary/aromatic N) is 3. The first-order chi connectivity index (χ1) is 16.9. The van der Waals surface area contributed by atoms with E-state index in [9.17, 15) is 14.0 Å². The lowest BCUT2D eigenvalue weighted by atomic mass is 9.93. The first kappa shape index (κ1) is 24.9. The molecule has 1 aromatic heterocycles. The van der Waals surface area contributed by atoms with Crippen LogP contribution in [0.3, 0.4) is 0 Å². The van der Waals surface area contributed by atoms with Crippen molar-refractivity contribution in [2.24, 2.45) is 0 Å². The Kier molecular flexibility index (Phi) is 7.86. The number of amides is 2. The Labute approximate surface area is 210 Å². The summed E-state index contributed by atoms with van der Waals surface area (Å²) in [7, 11) is 0. The van der Waals surface area contributed by atoms with E-state index >= 15 is 0 Å². The Morgan fingerprint density at radius 2 is 1.77 bits per heavy atom. The first-order valence-electron chi connectivity index (χ1n) is 12.0. The molecule has 1 aliphatic heterocycles. The third kappa shape index (κ3) is 5.73. The van der Waals surface area contributed by atoms with Gasteiger partial charge in [0.05, 0.1) is 23.7 Å². The number of aryl methyl sites for hydroxylation is 1. The lowest BCUT2D eigenvalue weighted by Crippen LogP contribution is -2.47. The summed E-state index contributed by atoms with van der Waals surface area (Å²) in [4.78, 5) is 28.1. The molecule has 0 spiro atoms. The summed E-state index contributed by atoms with van der Waals surface area (Å²) < 4.78 is 14.7. The van der Waals surface area contributed by atoms with E-state index in [2.05, 4.69) is 10.4 Å². The number of nitrogens with one attached hydrogen (secondary N) is 1. The Balaban J connectivity index is 1.35. The Bertz CT molecular complexity index is 1170. The number of benzene rings is 2. The molecular formula is C27H30ClFN4O2. The molecule has 0 bridgehead atoms. The van der Waals surface area contributed by atoms with Crippen LogP contribution in [0.5, 0.6) is 0 Å². The number of carbonyl (C=O) groups excluding carboxylic acids is 2. The standard InChI is InChI=1S/C27H30ClFN4O2/c1-3-23(20-7-5-4-6-8-20)27(35)32-15-13-22(14-16-32)30-26(34)24-18(2)31-33(25(24)28)17-19-9-11-21(29)12-10-19/h4-12,22-23H,3,13-17H2,1-2H3,(H,30,34). The van der Waals surface area contributed by atoms with Crippen molar-refractivity contribution < 1.29 is 14.0 Å². The largest absolute Gasteiger partial charge is 0.349 e. The van der Waals surface area contributed by atoms with Gasteiger partial charge in [-0.05, 0) is 49.4 Å². The summed E-state index contributed by atoms with van der Waals surface area (Å²) in [6, 6.07) is 15.9. The van der Waals surface area contributed by atoms with Crippen molar-refractivity contribution in [3.05, 3.63) is 88.0 Å². The highest BCUT2D eigenvalue weighted by molar-refractivity contribution is 6.33. The van der Waals surface area contributed by atoms with Gasteiger partial charge in [0.2, 0.25) is 5.91 Å². The van der Waals surface area contributed by atoms with Gasteiger partial charge in [0.1, 0.15) is 11.0 Å². The van der Waals surface area contributed by atoms with Crippen molar-refractivity contribution in [3.8, 4) is 0 Å². The SMILES string of the molecule is CCC(C(=O)N1CCC(NC(=O)c2c(C)nn(Cc3ccc(F)cc3)c2Cl)CC1)c1ccccc1. The summed E-state index contributed by atoms with van der Waals surface area (Å²) in [5.74, 6) is -0.576. The molecule has 0 aliphatic carbocycles. The second-order valence-corrected chi connectivity index (χ2v) is 9.34. The molecule has 0 saturated carbocycles. The Hall–Kier alpha value is -3.19. The smallest absolute Gasteiger partial charge is 0.256 e. The summed E-state index contributed by atoms with van der Waals surface area (Å²) in [6.07, 6.45) is 2.12. The van der Waals surface area contributed by atoms with Crippen molar-refractivity contribution in [3.63, 3.8) is 0 Å². The van der Waals surface area contributed by atoms with Gasteiger partial charge in [-0.3, -0.25) is 9.59 Å². The van der Waals surface area contributed by atoms with Crippen LogP contribution < -0.4 is 5.32 Å². The van der Waals surface area contributed by atoms with Crippen molar-refractivity contribution in [2.75, 3.05) is 13.1 Å². The molecule has 8 heteroatoms. The monoisotopic (exact) mass is 496 g/mol. The van der Waals surface area contributed by atoms with E-state index in [4.69, 9.17) is 11.6 Å². The van der Waals surface area contributed by atoms with E-state index in [0.29, 0.717) is 43.7 Å². The van der Waals surface area contributed by atoms with Crippen LogP contribution in [0.2, 0.25) is 5.15 Å². The van der Waals surface area contributed by atoms with Gasteiger partial charge in [0, 0.05) is 19.1 Å². The van der Waals surface area contributed by atoms with Crippen LogP contribution in [-0.4, -0.2) is 45.6 Å². The van der Waals surface area contributed by atoms with Gasteiger partial charge in [-0.15, -0.1) is 0 Å². The van der Waals surface area contributed by atoms with Crippen LogP contribution in [0.15, 0.2) is 54.6 Å². The van der Waals surface area contributed by atoms with Crippen LogP contribution in [0.25, 0.3) is 0 Å². The maximum atomic E-state index is 13.2. The number of rotatable bonds is 7. The van der Waals surface area contributed by atoms with Gasteiger partial charge in [0.15, 0.2) is 0 Å². The van der Waals surface area contributed by atoms with Gasteiger partial charge in [-0.1, -0.05) is 61.0 Å². The predicted octanol–water partition coefficient (Wildman–Crippen LogP) is 4.95. The van der Waals surface area contributed by atoms with Gasteiger partial charge in [0.25, 0.3) is 5.91 Å². The maximum absolute atomic E-state index is 13.2. The molecule has 2 amide bonds. The van der Waals surface area contributed by atoms with Crippen molar-refractivity contribution in [1.29, 1.82) is 0 Å². The molecule has 2 aromatic carbocycles. The molecule has 1 unspecified atom stereocenters. The van der Waals surface area contributed by atoms with Crippen molar-refractivity contribution in [2.45, 2.75) is 51.6 Å². The fraction of sp³-hybridized carbons (Fsp3) is 0.370. The van der Waals surface area contributed by atoms with Gasteiger partial charge < -0.3 is 10.2 Å². The summed E-state index contributed by atoms with van der Waals surface area (Å²) in [6.45, 7) is 5.32. The number of halogens is 2. The zero-order chi connectivity index (χ0) is 24.9. The molecule has 4 rings (SSSR count). The summed E-state index contributed by atoms with van der Waals surface area (Å²) >= 11 is 6.51. The molecule has 6 nitrogen and oxygen atoms in total. The highest BCUT2D eigenvalue weighted by Crippen LogP contribution is 2.25. The van der Waals surface area contributed by atoms with Crippen LogP contribution >= 0.6 is 11.6 Å². The topological polar surface area (TPSA) is 67.2 Å². The Morgan fingerprint density at radius 3 is 2.40 bits per heavy atom. The van der Waals surface area contributed by atoms with Gasteiger partial charge >= 0.3 is 0 Å². The fourth-order valence-electron chi connectivity index (χ4n) is 4.64. The molecule has 0 radical (unpaired) electrons. The first-order valence-corrected chi connectivity index (χ1v) is 12.4. The lowest BCUT2D eigenvalue weighted by Gasteiger charge is -2.34. The molecule has 3 aromatic rings. The van der Waals surface area contributed by atoms with Crippen LogP contribution in [0.1, 0.15) is 59.3 Å². The number of piperidine rings is 1. The second-order valence-electron chi connectivity index (χ2n) is 8.98. The number of hydrogen-bond donors (Lipinski definition) is 1. The molecule has 35 heavy (non-hydrogen) atoms. The zero-order valence-electron chi connectivity index (χ0n) is 20.0. The molecule has 184 valence electrons. The minimum absolute atomic E-state index is 0.0423. The molecule has 2 heterocycles. The van der Waals surface area contributed by atoms with E-state index in [1.165, 1.54) is 12.1 Å². The quantitative estimate of drug-likeness (QED) is 0.503. The van der Waals surface area contributed by atoms with E-state index < -0.39 is 0 Å². The average Bonchev–Trinajstić information content (AvgIpc) is 3.14. The number of carbonyl (C=O) groups is 2. The van der Waals surface area contributed by atoms with E-state index in [1.54, 1.807) is 23.7 Å². The molecular weight excluding hydrogens is 467 g/mol. The fourth-order valence-corrected chi connectivity index (χ4v) is 4.96. The molecule has 1 saturated heterocycles. The van der Waals surface area contributed by atoms with Crippen LogP contribution in [0.4, 0.5) is 4.39 Å². The van der Waals surface area contributed by atoms with Crippen molar-refractivity contribution in [1.82, 2.24) is 20.0 Å². The second kappa shape index (κ2) is 11.0. The number of aromatic nitrogens is 2. The van der Waals surface area contributed by atoms with E-state index in [1.807, 2.05) is 42.2 Å². The normalized spacial score (nSPS) is 15.1. The maximum Gasteiger partial charge on any atom is 0.256 e.